The lowest BCUT2D eigenvalue weighted by atomic mass is 10.2. The van der Waals surface area contributed by atoms with Crippen molar-refractivity contribution in [3.8, 4) is 11.5 Å². The first-order valence-corrected chi connectivity index (χ1v) is 9.04. The third-order valence-electron chi connectivity index (χ3n) is 3.79. The zero-order valence-corrected chi connectivity index (χ0v) is 15.7. The van der Waals surface area contributed by atoms with Crippen LogP contribution in [-0.2, 0) is 11.3 Å². The normalized spacial score (nSPS) is 15.6. The van der Waals surface area contributed by atoms with Gasteiger partial charge in [-0.1, -0.05) is 22.9 Å². The van der Waals surface area contributed by atoms with Gasteiger partial charge in [-0.3, -0.25) is 4.90 Å². The van der Waals surface area contributed by atoms with Crippen LogP contribution in [0, 0.1) is 0 Å². The monoisotopic (exact) mass is 386 g/mol. The molecule has 1 N–H and O–H groups in total. The highest BCUT2D eigenvalue weighted by atomic mass is 79.9. The number of halogens is 1. The molecule has 0 bridgehead atoms. The summed E-state index contributed by atoms with van der Waals surface area (Å²) in [6, 6.07) is 4.04. The summed E-state index contributed by atoms with van der Waals surface area (Å²) in [6.07, 6.45) is 0.975. The van der Waals surface area contributed by atoms with E-state index in [9.17, 15) is 0 Å². The van der Waals surface area contributed by atoms with Crippen molar-refractivity contribution in [2.45, 2.75) is 19.9 Å². The van der Waals surface area contributed by atoms with Crippen LogP contribution in [-0.4, -0.2) is 58.0 Å². The lowest BCUT2D eigenvalue weighted by Crippen LogP contribution is -2.40. The Morgan fingerprint density at radius 3 is 2.78 bits per heavy atom. The van der Waals surface area contributed by atoms with Crippen molar-refractivity contribution >= 4 is 15.9 Å². The fourth-order valence-corrected chi connectivity index (χ4v) is 3.04. The quantitative estimate of drug-likeness (QED) is 0.660. The molecule has 1 saturated heterocycles. The van der Waals surface area contributed by atoms with E-state index in [1.54, 1.807) is 7.11 Å². The van der Waals surface area contributed by atoms with E-state index < -0.39 is 0 Å². The maximum absolute atomic E-state index is 5.90. The number of nitrogens with zero attached hydrogens (tertiary/aromatic N) is 1. The Kier molecular flexibility index (Phi) is 8.16. The van der Waals surface area contributed by atoms with Crippen molar-refractivity contribution in [3.05, 3.63) is 22.2 Å². The maximum atomic E-state index is 5.90. The minimum absolute atomic E-state index is 0.693. The van der Waals surface area contributed by atoms with Gasteiger partial charge in [-0.15, -0.1) is 0 Å². The molecule has 2 rings (SSSR count). The molecule has 1 heterocycles. The molecule has 0 aliphatic carbocycles. The van der Waals surface area contributed by atoms with Gasteiger partial charge in [-0.05, 0) is 18.6 Å². The highest BCUT2D eigenvalue weighted by Gasteiger charge is 2.13. The van der Waals surface area contributed by atoms with E-state index >= 15 is 0 Å². The van der Waals surface area contributed by atoms with E-state index in [1.165, 1.54) is 0 Å². The van der Waals surface area contributed by atoms with Crippen LogP contribution < -0.4 is 14.8 Å². The van der Waals surface area contributed by atoms with Gasteiger partial charge < -0.3 is 19.5 Å². The predicted molar refractivity (Wildman–Crippen MR) is 95.4 cm³/mol. The van der Waals surface area contributed by atoms with Gasteiger partial charge in [0.15, 0.2) is 11.5 Å². The number of benzene rings is 1. The van der Waals surface area contributed by atoms with Crippen LogP contribution in [0.3, 0.4) is 0 Å². The second-order valence-electron chi connectivity index (χ2n) is 5.58. The van der Waals surface area contributed by atoms with E-state index in [4.69, 9.17) is 14.2 Å². The average molecular weight is 387 g/mol. The van der Waals surface area contributed by atoms with E-state index in [1.807, 2.05) is 6.07 Å². The molecule has 0 radical (unpaired) electrons. The maximum Gasteiger partial charge on any atom is 0.165 e. The van der Waals surface area contributed by atoms with Crippen molar-refractivity contribution < 1.29 is 14.2 Å². The summed E-state index contributed by atoms with van der Waals surface area (Å²) in [7, 11) is 1.68. The highest BCUT2D eigenvalue weighted by Crippen LogP contribution is 2.35. The molecule has 1 aliphatic rings. The molecule has 0 amide bonds. The summed E-state index contributed by atoms with van der Waals surface area (Å²) in [5.41, 5.74) is 1.12. The molecular formula is C17H27BrN2O3. The van der Waals surface area contributed by atoms with Crippen molar-refractivity contribution in [2.24, 2.45) is 0 Å². The first kappa shape index (κ1) is 18.5. The van der Waals surface area contributed by atoms with Crippen LogP contribution >= 0.6 is 15.9 Å². The molecule has 0 aromatic heterocycles. The zero-order valence-electron chi connectivity index (χ0n) is 14.1. The van der Waals surface area contributed by atoms with E-state index in [-0.39, 0.29) is 0 Å². The molecule has 23 heavy (non-hydrogen) atoms. The number of hydrogen-bond donors (Lipinski definition) is 1. The number of morpholine rings is 1. The molecule has 130 valence electrons. The van der Waals surface area contributed by atoms with Crippen LogP contribution in [0.5, 0.6) is 11.5 Å². The van der Waals surface area contributed by atoms with Gasteiger partial charge in [-0.2, -0.15) is 0 Å². The summed E-state index contributed by atoms with van der Waals surface area (Å²) in [5, 5.41) is 3.51. The summed E-state index contributed by atoms with van der Waals surface area (Å²) >= 11 is 3.54. The standard InChI is InChI=1S/C17H27BrN2O3/c1-3-8-23-17-14(11-15(18)12-16(17)21-2)13-19-4-5-20-6-9-22-10-7-20/h11-12,19H,3-10,13H2,1-2H3. The minimum Gasteiger partial charge on any atom is -0.493 e. The van der Waals surface area contributed by atoms with Gasteiger partial charge in [0.05, 0.1) is 26.9 Å². The Balaban J connectivity index is 1.90. The first-order chi connectivity index (χ1) is 11.2. The van der Waals surface area contributed by atoms with Crippen LogP contribution in [0.2, 0.25) is 0 Å². The number of methoxy groups -OCH3 is 1. The zero-order chi connectivity index (χ0) is 16.5. The molecule has 5 nitrogen and oxygen atoms in total. The molecule has 1 aromatic carbocycles. The van der Waals surface area contributed by atoms with Crippen LogP contribution in [0.25, 0.3) is 0 Å². The molecule has 0 spiro atoms. The van der Waals surface area contributed by atoms with E-state index in [0.717, 1.165) is 73.9 Å². The van der Waals surface area contributed by atoms with Gasteiger partial charge >= 0.3 is 0 Å². The Morgan fingerprint density at radius 1 is 1.30 bits per heavy atom. The Hall–Kier alpha value is -0.820. The van der Waals surface area contributed by atoms with Gasteiger partial charge in [0.1, 0.15) is 0 Å². The van der Waals surface area contributed by atoms with Gasteiger partial charge in [0, 0.05) is 42.8 Å². The van der Waals surface area contributed by atoms with E-state index in [2.05, 4.69) is 39.1 Å². The fourth-order valence-electron chi connectivity index (χ4n) is 2.56. The Labute approximate surface area is 147 Å². The second kappa shape index (κ2) is 10.1. The molecule has 1 aromatic rings. The number of hydrogen-bond acceptors (Lipinski definition) is 5. The largest absolute Gasteiger partial charge is 0.493 e. The number of ether oxygens (including phenoxy) is 3. The smallest absolute Gasteiger partial charge is 0.165 e. The van der Waals surface area contributed by atoms with Crippen LogP contribution in [0.15, 0.2) is 16.6 Å². The molecule has 0 unspecified atom stereocenters. The Morgan fingerprint density at radius 2 is 2.09 bits per heavy atom. The Bertz CT molecular complexity index is 479. The summed E-state index contributed by atoms with van der Waals surface area (Å²) in [4.78, 5) is 2.42. The molecule has 1 fully saturated rings. The minimum atomic E-state index is 0.693. The van der Waals surface area contributed by atoms with Crippen molar-refractivity contribution in [1.29, 1.82) is 0 Å². The van der Waals surface area contributed by atoms with Gasteiger partial charge in [0.25, 0.3) is 0 Å². The molecule has 1 aliphatic heterocycles. The number of rotatable bonds is 9. The summed E-state index contributed by atoms with van der Waals surface area (Å²) < 4.78 is 17.7. The second-order valence-corrected chi connectivity index (χ2v) is 6.49. The van der Waals surface area contributed by atoms with Crippen molar-refractivity contribution in [2.75, 3.05) is 53.1 Å². The van der Waals surface area contributed by atoms with Gasteiger partial charge in [-0.25, -0.2) is 0 Å². The molecule has 0 saturated carbocycles. The summed E-state index contributed by atoms with van der Waals surface area (Å²) in [6.45, 7) is 9.29. The SMILES string of the molecule is CCCOc1c(CNCCN2CCOCC2)cc(Br)cc1OC. The predicted octanol–water partition coefficient (Wildman–Crippen LogP) is 2.67. The number of nitrogens with one attached hydrogen (secondary N) is 1. The van der Waals surface area contributed by atoms with E-state index in [0.29, 0.717) is 6.61 Å². The van der Waals surface area contributed by atoms with Crippen LogP contribution in [0.4, 0.5) is 0 Å². The third-order valence-corrected chi connectivity index (χ3v) is 4.25. The lowest BCUT2D eigenvalue weighted by molar-refractivity contribution is 0.0384. The lowest BCUT2D eigenvalue weighted by Gasteiger charge is -2.26. The average Bonchev–Trinajstić information content (AvgIpc) is 2.58. The topological polar surface area (TPSA) is 43.0 Å². The van der Waals surface area contributed by atoms with Crippen LogP contribution in [0.1, 0.15) is 18.9 Å². The van der Waals surface area contributed by atoms with Gasteiger partial charge in [0.2, 0.25) is 0 Å². The first-order valence-electron chi connectivity index (χ1n) is 8.24. The van der Waals surface area contributed by atoms with Crippen molar-refractivity contribution in [3.63, 3.8) is 0 Å². The van der Waals surface area contributed by atoms with Crippen molar-refractivity contribution in [1.82, 2.24) is 10.2 Å². The fraction of sp³-hybridized carbons (Fsp3) is 0.647. The molecule has 0 atom stereocenters. The summed E-state index contributed by atoms with van der Waals surface area (Å²) in [5.74, 6) is 1.62. The molecular weight excluding hydrogens is 360 g/mol. The molecule has 6 heteroatoms. The highest BCUT2D eigenvalue weighted by molar-refractivity contribution is 9.10. The third kappa shape index (κ3) is 5.95.